The second-order valence-corrected chi connectivity index (χ2v) is 9.44. The summed E-state index contributed by atoms with van der Waals surface area (Å²) in [7, 11) is 0. The Morgan fingerprint density at radius 3 is 2.11 bits per heavy atom. The molecule has 5 nitrogen and oxygen atoms in total. The van der Waals surface area contributed by atoms with Gasteiger partial charge in [-0.1, -0.05) is 61.7 Å². The van der Waals surface area contributed by atoms with Crippen LogP contribution in [-0.4, -0.2) is 35.4 Å². The van der Waals surface area contributed by atoms with Crippen LogP contribution in [0, 0.1) is 11.6 Å². The van der Waals surface area contributed by atoms with E-state index in [-0.39, 0.29) is 30.9 Å². The molecule has 2 amide bonds. The van der Waals surface area contributed by atoms with Crippen LogP contribution in [0.3, 0.4) is 0 Å². The molecular weight excluding hydrogens is 474 g/mol. The Morgan fingerprint density at radius 2 is 1.46 bits per heavy atom. The van der Waals surface area contributed by atoms with Gasteiger partial charge in [-0.05, 0) is 60.4 Å². The Labute approximate surface area is 216 Å². The lowest BCUT2D eigenvalue weighted by molar-refractivity contribution is -0.143. The minimum atomic E-state index is -0.793. The first kappa shape index (κ1) is 26.3. The summed E-state index contributed by atoms with van der Waals surface area (Å²) in [5.74, 6) is -1.04. The Hall–Kier alpha value is -3.74. The van der Waals surface area contributed by atoms with Gasteiger partial charge in [-0.15, -0.1) is 0 Å². The van der Waals surface area contributed by atoms with E-state index < -0.39 is 17.8 Å². The lowest BCUT2D eigenvalue weighted by Crippen LogP contribution is -2.53. The van der Waals surface area contributed by atoms with E-state index in [9.17, 15) is 18.4 Å². The van der Waals surface area contributed by atoms with Crippen molar-refractivity contribution in [3.05, 3.63) is 102 Å². The van der Waals surface area contributed by atoms with Crippen LogP contribution in [0.1, 0.15) is 43.2 Å². The van der Waals surface area contributed by atoms with Gasteiger partial charge < -0.3 is 15.0 Å². The fourth-order valence-electron chi connectivity index (χ4n) is 4.64. The molecule has 4 rings (SSSR count). The van der Waals surface area contributed by atoms with Crippen molar-refractivity contribution < 1.29 is 23.1 Å². The highest BCUT2D eigenvalue weighted by Gasteiger charge is 2.32. The third kappa shape index (κ3) is 7.87. The summed E-state index contributed by atoms with van der Waals surface area (Å²) in [6.07, 6.45) is 5.46. The summed E-state index contributed by atoms with van der Waals surface area (Å²) in [5.41, 5.74) is 1.61. The Kier molecular flexibility index (Phi) is 9.24. The van der Waals surface area contributed by atoms with Crippen molar-refractivity contribution in [1.82, 2.24) is 10.2 Å². The molecule has 0 aliphatic heterocycles. The second kappa shape index (κ2) is 13.0. The molecule has 1 aliphatic rings. The number of hydrogen-bond donors (Lipinski definition) is 1. The average molecular weight is 507 g/mol. The predicted octanol–water partition coefficient (Wildman–Crippen LogP) is 5.43. The van der Waals surface area contributed by atoms with Gasteiger partial charge in [0.05, 0.1) is 0 Å². The number of carbonyl (C=O) groups excluding carboxylic acids is 2. The number of ether oxygens (including phenoxy) is 1. The molecule has 3 aromatic carbocycles. The number of nitrogens with one attached hydrogen (secondary N) is 1. The molecule has 0 radical (unpaired) electrons. The number of carbonyl (C=O) groups is 2. The maximum atomic E-state index is 13.7. The monoisotopic (exact) mass is 506 g/mol. The van der Waals surface area contributed by atoms with E-state index in [2.05, 4.69) is 5.32 Å². The van der Waals surface area contributed by atoms with Crippen LogP contribution in [-0.2, 0) is 22.6 Å². The fourth-order valence-corrected chi connectivity index (χ4v) is 4.64. The second-order valence-electron chi connectivity index (χ2n) is 9.44. The molecule has 0 heterocycles. The number of halogens is 2. The van der Waals surface area contributed by atoms with Gasteiger partial charge in [0.2, 0.25) is 5.91 Å². The Bertz CT molecular complexity index is 1150. The molecule has 1 saturated carbocycles. The van der Waals surface area contributed by atoms with Crippen molar-refractivity contribution in [1.29, 1.82) is 0 Å². The van der Waals surface area contributed by atoms with Crippen LogP contribution in [0.4, 0.5) is 8.78 Å². The summed E-state index contributed by atoms with van der Waals surface area (Å²) in [5, 5.41) is 3.17. The van der Waals surface area contributed by atoms with Gasteiger partial charge in [0.15, 0.2) is 6.61 Å². The summed E-state index contributed by atoms with van der Waals surface area (Å²) in [4.78, 5) is 28.7. The van der Waals surface area contributed by atoms with Gasteiger partial charge in [-0.25, -0.2) is 8.78 Å². The van der Waals surface area contributed by atoms with E-state index in [1.807, 2.05) is 30.3 Å². The van der Waals surface area contributed by atoms with Crippen molar-refractivity contribution in [2.24, 2.45) is 0 Å². The third-order valence-corrected chi connectivity index (χ3v) is 6.66. The zero-order valence-electron chi connectivity index (χ0n) is 20.7. The van der Waals surface area contributed by atoms with E-state index in [4.69, 9.17) is 4.74 Å². The topological polar surface area (TPSA) is 58.6 Å². The van der Waals surface area contributed by atoms with Gasteiger partial charge in [0, 0.05) is 19.0 Å². The summed E-state index contributed by atoms with van der Waals surface area (Å²) >= 11 is 0. The molecule has 0 bridgehead atoms. The third-order valence-electron chi connectivity index (χ3n) is 6.66. The van der Waals surface area contributed by atoms with Gasteiger partial charge in [0.1, 0.15) is 23.4 Å². The van der Waals surface area contributed by atoms with Gasteiger partial charge in [-0.2, -0.15) is 0 Å². The molecule has 194 valence electrons. The zero-order valence-corrected chi connectivity index (χ0v) is 20.7. The maximum Gasteiger partial charge on any atom is 0.261 e. The number of rotatable bonds is 10. The van der Waals surface area contributed by atoms with Crippen LogP contribution in [0.25, 0.3) is 0 Å². The molecule has 1 N–H and O–H groups in total. The SMILES string of the molecule is O=C(NC1CCCCC1)C(Cc1ccccc1)N(Cc1ccc(F)cc1)C(=O)COc1ccc(F)cc1. The van der Waals surface area contributed by atoms with E-state index in [1.165, 1.54) is 41.3 Å². The molecule has 0 saturated heterocycles. The molecule has 3 aromatic rings. The van der Waals surface area contributed by atoms with Crippen LogP contribution in [0.5, 0.6) is 5.75 Å². The number of amides is 2. The highest BCUT2D eigenvalue weighted by Crippen LogP contribution is 2.20. The molecule has 1 aliphatic carbocycles. The summed E-state index contributed by atoms with van der Waals surface area (Å²) in [6, 6.07) is 20.1. The van der Waals surface area contributed by atoms with E-state index >= 15 is 0 Å². The molecule has 1 atom stereocenters. The van der Waals surface area contributed by atoms with Gasteiger partial charge in [0.25, 0.3) is 5.91 Å². The lowest BCUT2D eigenvalue weighted by Gasteiger charge is -2.33. The average Bonchev–Trinajstić information content (AvgIpc) is 2.92. The fraction of sp³-hybridized carbons (Fsp3) is 0.333. The molecule has 0 aromatic heterocycles. The van der Waals surface area contributed by atoms with Gasteiger partial charge in [-0.3, -0.25) is 9.59 Å². The highest BCUT2D eigenvalue weighted by atomic mass is 19.1. The normalized spacial score (nSPS) is 14.5. The maximum absolute atomic E-state index is 13.7. The molecular formula is C30H32F2N2O3. The first-order chi connectivity index (χ1) is 18.0. The Morgan fingerprint density at radius 1 is 0.838 bits per heavy atom. The van der Waals surface area contributed by atoms with E-state index in [1.54, 1.807) is 12.1 Å². The van der Waals surface area contributed by atoms with Crippen molar-refractivity contribution in [3.8, 4) is 5.75 Å². The minimum absolute atomic E-state index is 0.0813. The summed E-state index contributed by atoms with van der Waals surface area (Å²) < 4.78 is 32.5. The molecule has 37 heavy (non-hydrogen) atoms. The predicted molar refractivity (Wildman–Crippen MR) is 138 cm³/mol. The van der Waals surface area contributed by atoms with Crippen LogP contribution < -0.4 is 10.1 Å². The largest absolute Gasteiger partial charge is 0.484 e. The highest BCUT2D eigenvalue weighted by molar-refractivity contribution is 5.88. The standard InChI is InChI=1S/C30H32F2N2O3/c31-24-13-11-23(12-14-24)20-34(29(35)21-37-27-17-15-25(32)16-18-27)28(19-22-7-3-1-4-8-22)30(36)33-26-9-5-2-6-10-26/h1,3-4,7-8,11-18,26,28H,2,5-6,9-10,19-21H2,(H,33,36). The smallest absolute Gasteiger partial charge is 0.261 e. The number of benzene rings is 3. The van der Waals surface area contributed by atoms with E-state index in [0.29, 0.717) is 17.7 Å². The zero-order chi connectivity index (χ0) is 26.0. The molecule has 1 fully saturated rings. The van der Waals surface area contributed by atoms with Crippen molar-refractivity contribution in [2.75, 3.05) is 6.61 Å². The first-order valence-electron chi connectivity index (χ1n) is 12.7. The van der Waals surface area contributed by atoms with Crippen molar-refractivity contribution >= 4 is 11.8 Å². The van der Waals surface area contributed by atoms with Crippen LogP contribution >= 0.6 is 0 Å². The van der Waals surface area contributed by atoms with Crippen LogP contribution in [0.2, 0.25) is 0 Å². The van der Waals surface area contributed by atoms with Crippen molar-refractivity contribution in [2.45, 2.75) is 57.2 Å². The lowest BCUT2D eigenvalue weighted by atomic mass is 9.94. The molecule has 7 heteroatoms. The number of hydrogen-bond acceptors (Lipinski definition) is 3. The van der Waals surface area contributed by atoms with Gasteiger partial charge >= 0.3 is 0 Å². The first-order valence-corrected chi connectivity index (χ1v) is 12.7. The quantitative estimate of drug-likeness (QED) is 0.399. The van der Waals surface area contributed by atoms with Crippen molar-refractivity contribution in [3.63, 3.8) is 0 Å². The molecule has 0 spiro atoms. The summed E-state index contributed by atoms with van der Waals surface area (Å²) in [6.45, 7) is -0.212. The molecule has 1 unspecified atom stereocenters. The minimum Gasteiger partial charge on any atom is -0.484 e. The van der Waals surface area contributed by atoms with Crippen LogP contribution in [0.15, 0.2) is 78.9 Å². The van der Waals surface area contributed by atoms with E-state index in [0.717, 1.165) is 37.7 Å². The number of nitrogens with zero attached hydrogens (tertiary/aromatic N) is 1. The Balaban J connectivity index is 1.59.